The van der Waals surface area contributed by atoms with Crippen LogP contribution in [0.5, 0.6) is 5.75 Å². The molecule has 0 saturated carbocycles. The number of aliphatic carboxylic acids is 1. The lowest BCUT2D eigenvalue weighted by Crippen LogP contribution is -2.37. The predicted octanol–water partition coefficient (Wildman–Crippen LogP) is -1.25. The van der Waals surface area contributed by atoms with E-state index in [1.54, 1.807) is 12.1 Å². The van der Waals surface area contributed by atoms with Crippen molar-refractivity contribution in [1.82, 2.24) is 0 Å². The lowest BCUT2D eigenvalue weighted by Gasteiger charge is -2.10. The Kier molecular flexibility index (Phi) is 5.82. The topological polar surface area (TPSA) is 159 Å². The third-order valence-corrected chi connectivity index (χ3v) is 2.64. The minimum absolute atomic E-state index is 0.157. The molecule has 7 N–H and O–H groups in total. The van der Waals surface area contributed by atoms with Crippen molar-refractivity contribution in [3.8, 4) is 5.75 Å². The Morgan fingerprint density at radius 3 is 2.14 bits per heavy atom. The third-order valence-electron chi connectivity index (χ3n) is 2.64. The van der Waals surface area contributed by atoms with Crippen molar-refractivity contribution in [2.75, 3.05) is 0 Å². The van der Waals surface area contributed by atoms with E-state index in [2.05, 4.69) is 0 Å². The third kappa shape index (κ3) is 5.59. The highest BCUT2D eigenvalue weighted by molar-refractivity contribution is 5.85. The molecule has 0 aliphatic rings. The van der Waals surface area contributed by atoms with Crippen LogP contribution in [0.3, 0.4) is 0 Å². The molecule has 1 aromatic carbocycles. The fraction of sp³-hybridized carbons (Fsp3) is 0.308. The van der Waals surface area contributed by atoms with E-state index in [1.807, 2.05) is 0 Å². The molecule has 0 fully saturated rings. The number of primary amides is 1. The Morgan fingerprint density at radius 2 is 1.67 bits per heavy atom. The highest BCUT2D eigenvalue weighted by atomic mass is 16.5. The van der Waals surface area contributed by atoms with Crippen molar-refractivity contribution < 1.29 is 24.2 Å². The van der Waals surface area contributed by atoms with Gasteiger partial charge in [0.05, 0.1) is 6.42 Å². The number of carbonyl (C=O) groups is 3. The summed E-state index contributed by atoms with van der Waals surface area (Å²) in [4.78, 5) is 32.8. The molecule has 8 nitrogen and oxygen atoms in total. The van der Waals surface area contributed by atoms with E-state index < -0.39 is 29.9 Å². The van der Waals surface area contributed by atoms with Crippen LogP contribution in [0.4, 0.5) is 0 Å². The normalized spacial score (nSPS) is 13.2. The first-order valence-corrected chi connectivity index (χ1v) is 6.12. The molecule has 1 amide bonds. The molecule has 0 aromatic heterocycles. The Labute approximate surface area is 120 Å². The number of ether oxygens (including phenoxy) is 1. The summed E-state index contributed by atoms with van der Waals surface area (Å²) in [6, 6.07) is 4.03. The number of hydrogen-bond acceptors (Lipinski definition) is 6. The summed E-state index contributed by atoms with van der Waals surface area (Å²) in [6.45, 7) is 0. The summed E-state index contributed by atoms with van der Waals surface area (Å²) in [5.41, 5.74) is 16.5. The molecule has 114 valence electrons. The minimum Gasteiger partial charge on any atom is -0.480 e. The van der Waals surface area contributed by atoms with Crippen LogP contribution in [0, 0.1) is 0 Å². The van der Waals surface area contributed by atoms with Gasteiger partial charge in [0.2, 0.25) is 5.91 Å². The van der Waals surface area contributed by atoms with Crippen molar-refractivity contribution in [3.05, 3.63) is 29.8 Å². The van der Waals surface area contributed by atoms with E-state index in [1.165, 1.54) is 12.1 Å². The second-order valence-corrected chi connectivity index (χ2v) is 4.49. The van der Waals surface area contributed by atoms with E-state index in [0.717, 1.165) is 0 Å². The number of nitrogens with two attached hydrogens (primary N) is 3. The van der Waals surface area contributed by atoms with Crippen LogP contribution in [0.1, 0.15) is 12.0 Å². The quantitative estimate of drug-likeness (QED) is 0.361. The Morgan fingerprint density at radius 1 is 1.10 bits per heavy atom. The molecule has 0 saturated heterocycles. The monoisotopic (exact) mass is 295 g/mol. The van der Waals surface area contributed by atoms with Gasteiger partial charge in [-0.2, -0.15) is 0 Å². The van der Waals surface area contributed by atoms with Crippen molar-refractivity contribution in [2.45, 2.75) is 24.9 Å². The predicted molar refractivity (Wildman–Crippen MR) is 73.2 cm³/mol. The van der Waals surface area contributed by atoms with Crippen molar-refractivity contribution in [3.63, 3.8) is 0 Å². The average molecular weight is 295 g/mol. The molecule has 1 aromatic rings. The van der Waals surface area contributed by atoms with Crippen LogP contribution in [0.25, 0.3) is 0 Å². The van der Waals surface area contributed by atoms with Crippen molar-refractivity contribution >= 4 is 17.8 Å². The maximum atomic E-state index is 11.5. The molecule has 0 bridgehead atoms. The molecular formula is C13H17N3O5. The number of benzene rings is 1. The average Bonchev–Trinajstić information content (AvgIpc) is 2.39. The summed E-state index contributed by atoms with van der Waals surface area (Å²) < 4.78 is 4.97. The van der Waals surface area contributed by atoms with Gasteiger partial charge >= 0.3 is 11.9 Å². The molecule has 0 spiro atoms. The molecular weight excluding hydrogens is 278 g/mol. The van der Waals surface area contributed by atoms with Crippen LogP contribution < -0.4 is 21.9 Å². The number of carboxylic acid groups (broad SMARTS) is 1. The SMILES string of the molecule is NC(=O)C[C@H](N)C(=O)Oc1ccc(C[C@H](N)C(=O)O)cc1. The van der Waals surface area contributed by atoms with E-state index in [9.17, 15) is 14.4 Å². The summed E-state index contributed by atoms with van der Waals surface area (Å²) >= 11 is 0. The Balaban J connectivity index is 2.60. The summed E-state index contributed by atoms with van der Waals surface area (Å²) in [6.07, 6.45) is -0.144. The van der Waals surface area contributed by atoms with Gasteiger partial charge in [-0.3, -0.25) is 9.59 Å². The van der Waals surface area contributed by atoms with Gasteiger partial charge in [-0.15, -0.1) is 0 Å². The van der Waals surface area contributed by atoms with E-state index in [-0.39, 0.29) is 18.6 Å². The fourth-order valence-electron chi connectivity index (χ4n) is 1.53. The molecule has 0 heterocycles. The van der Waals surface area contributed by atoms with Crippen LogP contribution in [0.15, 0.2) is 24.3 Å². The Bertz CT molecular complexity index is 529. The van der Waals surface area contributed by atoms with Crippen LogP contribution >= 0.6 is 0 Å². The largest absolute Gasteiger partial charge is 0.480 e. The smallest absolute Gasteiger partial charge is 0.328 e. The summed E-state index contributed by atoms with van der Waals surface area (Å²) in [7, 11) is 0. The van der Waals surface area contributed by atoms with Gasteiger partial charge in [-0.25, -0.2) is 4.79 Å². The van der Waals surface area contributed by atoms with Gasteiger partial charge in [0.1, 0.15) is 17.8 Å². The first-order valence-electron chi connectivity index (χ1n) is 6.12. The molecule has 0 radical (unpaired) electrons. The van der Waals surface area contributed by atoms with Gasteiger partial charge in [0.15, 0.2) is 0 Å². The van der Waals surface area contributed by atoms with E-state index in [0.29, 0.717) is 5.56 Å². The molecule has 8 heteroatoms. The van der Waals surface area contributed by atoms with Crippen molar-refractivity contribution in [2.24, 2.45) is 17.2 Å². The fourth-order valence-corrected chi connectivity index (χ4v) is 1.53. The van der Waals surface area contributed by atoms with Gasteiger partial charge in [0, 0.05) is 0 Å². The van der Waals surface area contributed by atoms with Gasteiger partial charge in [-0.1, -0.05) is 12.1 Å². The first-order chi connectivity index (χ1) is 9.79. The standard InChI is InChI=1S/C13H17N3O5/c14-9(12(18)19)5-7-1-3-8(4-2-7)21-13(20)10(15)6-11(16)17/h1-4,9-10H,5-6,14-15H2,(H2,16,17)(H,18,19)/t9-,10-/m0/s1. The number of esters is 1. The number of hydrogen-bond donors (Lipinski definition) is 4. The summed E-state index contributed by atoms with van der Waals surface area (Å²) in [5.74, 6) is -2.34. The highest BCUT2D eigenvalue weighted by Gasteiger charge is 2.18. The maximum Gasteiger partial charge on any atom is 0.328 e. The zero-order valence-corrected chi connectivity index (χ0v) is 11.2. The van der Waals surface area contributed by atoms with E-state index >= 15 is 0 Å². The van der Waals surface area contributed by atoms with Crippen LogP contribution in [-0.2, 0) is 20.8 Å². The van der Waals surface area contributed by atoms with Gasteiger partial charge in [0.25, 0.3) is 0 Å². The van der Waals surface area contributed by atoms with Crippen LogP contribution in [0.2, 0.25) is 0 Å². The molecule has 21 heavy (non-hydrogen) atoms. The maximum absolute atomic E-state index is 11.5. The van der Waals surface area contributed by atoms with Gasteiger partial charge in [-0.05, 0) is 24.1 Å². The molecule has 0 aliphatic heterocycles. The lowest BCUT2D eigenvalue weighted by molar-refractivity contribution is -0.138. The number of amides is 1. The zero-order chi connectivity index (χ0) is 16.0. The second-order valence-electron chi connectivity index (χ2n) is 4.49. The first kappa shape index (κ1) is 16.6. The lowest BCUT2D eigenvalue weighted by atomic mass is 10.1. The Hall–Kier alpha value is -2.45. The molecule has 2 atom stereocenters. The van der Waals surface area contributed by atoms with Crippen molar-refractivity contribution in [1.29, 1.82) is 0 Å². The van der Waals surface area contributed by atoms with Gasteiger partial charge < -0.3 is 27.0 Å². The minimum atomic E-state index is -1.12. The van der Waals surface area contributed by atoms with Crippen LogP contribution in [-0.4, -0.2) is 35.0 Å². The number of rotatable bonds is 7. The number of carboxylic acids is 1. The second kappa shape index (κ2) is 7.36. The van der Waals surface area contributed by atoms with E-state index in [4.69, 9.17) is 27.0 Å². The highest BCUT2D eigenvalue weighted by Crippen LogP contribution is 2.14. The molecule has 0 aliphatic carbocycles. The molecule has 0 unspecified atom stereocenters. The summed E-state index contributed by atoms with van der Waals surface area (Å²) in [5, 5.41) is 8.70. The zero-order valence-electron chi connectivity index (χ0n) is 11.2. The molecule has 1 rings (SSSR count). The number of carbonyl (C=O) groups excluding carboxylic acids is 2.